The van der Waals surface area contributed by atoms with Crippen molar-refractivity contribution >= 4 is 23.2 Å². The van der Waals surface area contributed by atoms with Crippen LogP contribution in [0.2, 0.25) is 0 Å². The minimum absolute atomic E-state index is 0.000338. The number of carbonyl (C=O) groups is 2. The lowest BCUT2D eigenvalue weighted by Gasteiger charge is -2.20. The first-order valence-corrected chi connectivity index (χ1v) is 7.67. The van der Waals surface area contributed by atoms with E-state index in [-0.39, 0.29) is 18.4 Å². The van der Waals surface area contributed by atoms with Crippen LogP contribution in [0.4, 0.5) is 11.4 Å². The molecule has 0 aliphatic carbocycles. The highest BCUT2D eigenvalue weighted by Gasteiger charge is 2.14. The van der Waals surface area contributed by atoms with Crippen LogP contribution in [0.1, 0.15) is 12.5 Å². The SMILES string of the molecule is CC(=O)N(CC(=O)Nc1ccc(N(C)C)cc1)Cc1cccnc1. The van der Waals surface area contributed by atoms with Crippen LogP contribution in [-0.2, 0) is 16.1 Å². The Balaban J connectivity index is 1.96. The molecule has 2 amide bonds. The molecule has 0 bridgehead atoms. The van der Waals surface area contributed by atoms with E-state index in [4.69, 9.17) is 0 Å². The lowest BCUT2D eigenvalue weighted by molar-refractivity contribution is -0.133. The van der Waals surface area contributed by atoms with Crippen LogP contribution < -0.4 is 10.2 Å². The van der Waals surface area contributed by atoms with Gasteiger partial charge in [0, 0.05) is 51.3 Å². The van der Waals surface area contributed by atoms with Gasteiger partial charge in [0.15, 0.2) is 0 Å². The molecule has 0 saturated carbocycles. The fourth-order valence-electron chi connectivity index (χ4n) is 2.21. The zero-order valence-electron chi connectivity index (χ0n) is 14.2. The molecule has 1 aromatic carbocycles. The first-order chi connectivity index (χ1) is 11.5. The summed E-state index contributed by atoms with van der Waals surface area (Å²) < 4.78 is 0. The molecule has 1 heterocycles. The molecule has 1 aromatic heterocycles. The minimum atomic E-state index is -0.230. The summed E-state index contributed by atoms with van der Waals surface area (Å²) in [5.74, 6) is -0.386. The number of benzene rings is 1. The van der Waals surface area contributed by atoms with Crippen LogP contribution in [-0.4, -0.2) is 42.3 Å². The van der Waals surface area contributed by atoms with Crippen molar-refractivity contribution in [1.29, 1.82) is 0 Å². The van der Waals surface area contributed by atoms with E-state index in [1.54, 1.807) is 18.5 Å². The van der Waals surface area contributed by atoms with Gasteiger partial charge in [-0.05, 0) is 35.9 Å². The molecule has 0 atom stereocenters. The van der Waals surface area contributed by atoms with E-state index in [2.05, 4.69) is 10.3 Å². The molecule has 126 valence electrons. The molecule has 2 aromatic rings. The molecule has 0 unspecified atom stereocenters. The molecule has 0 fully saturated rings. The monoisotopic (exact) mass is 326 g/mol. The highest BCUT2D eigenvalue weighted by Crippen LogP contribution is 2.15. The zero-order valence-corrected chi connectivity index (χ0v) is 14.2. The van der Waals surface area contributed by atoms with E-state index in [1.807, 2.05) is 49.3 Å². The molecule has 0 saturated heterocycles. The molecule has 6 nitrogen and oxygen atoms in total. The summed E-state index contributed by atoms with van der Waals surface area (Å²) in [5.41, 5.74) is 2.64. The lowest BCUT2D eigenvalue weighted by atomic mass is 10.2. The van der Waals surface area contributed by atoms with Gasteiger partial charge in [-0.15, -0.1) is 0 Å². The number of nitrogens with one attached hydrogen (secondary N) is 1. The van der Waals surface area contributed by atoms with E-state index in [9.17, 15) is 9.59 Å². The van der Waals surface area contributed by atoms with Gasteiger partial charge in [0.05, 0.1) is 0 Å². The molecular formula is C18H22N4O2. The number of carbonyl (C=O) groups excluding carboxylic acids is 2. The fraction of sp³-hybridized carbons (Fsp3) is 0.278. The average molecular weight is 326 g/mol. The summed E-state index contributed by atoms with van der Waals surface area (Å²) in [6.07, 6.45) is 3.36. The van der Waals surface area contributed by atoms with E-state index in [1.165, 1.54) is 11.8 Å². The smallest absolute Gasteiger partial charge is 0.244 e. The van der Waals surface area contributed by atoms with Gasteiger partial charge >= 0.3 is 0 Å². The number of hydrogen-bond donors (Lipinski definition) is 1. The molecule has 0 aliphatic rings. The second kappa shape index (κ2) is 8.10. The third kappa shape index (κ3) is 5.08. The Morgan fingerprint density at radius 3 is 2.38 bits per heavy atom. The fourth-order valence-corrected chi connectivity index (χ4v) is 2.21. The first kappa shape index (κ1) is 17.5. The van der Waals surface area contributed by atoms with E-state index < -0.39 is 0 Å². The van der Waals surface area contributed by atoms with Gasteiger partial charge in [0.25, 0.3) is 0 Å². The number of nitrogens with zero attached hydrogens (tertiary/aromatic N) is 3. The van der Waals surface area contributed by atoms with E-state index >= 15 is 0 Å². The maximum atomic E-state index is 12.2. The van der Waals surface area contributed by atoms with Crippen molar-refractivity contribution in [2.24, 2.45) is 0 Å². The Morgan fingerprint density at radius 1 is 1.12 bits per heavy atom. The summed E-state index contributed by atoms with van der Waals surface area (Å²) in [6, 6.07) is 11.2. The van der Waals surface area contributed by atoms with E-state index in [0.29, 0.717) is 12.2 Å². The predicted octanol–water partition coefficient (Wildman–Crippen LogP) is 2.13. The molecule has 1 N–H and O–H groups in total. The van der Waals surface area contributed by atoms with Crippen molar-refractivity contribution in [2.75, 3.05) is 30.9 Å². The maximum Gasteiger partial charge on any atom is 0.244 e. The highest BCUT2D eigenvalue weighted by atomic mass is 16.2. The summed E-state index contributed by atoms with van der Waals surface area (Å²) in [6.45, 7) is 1.81. The number of hydrogen-bond acceptors (Lipinski definition) is 4. The Hall–Kier alpha value is -2.89. The zero-order chi connectivity index (χ0) is 17.5. The largest absolute Gasteiger partial charge is 0.378 e. The Bertz CT molecular complexity index is 684. The molecule has 0 aliphatic heterocycles. The summed E-state index contributed by atoms with van der Waals surface area (Å²) in [4.78, 5) is 31.5. The van der Waals surface area contributed by atoms with Gasteiger partial charge in [-0.2, -0.15) is 0 Å². The standard InChI is InChI=1S/C18H22N4O2/c1-14(23)22(12-15-5-4-10-19-11-15)13-18(24)20-16-6-8-17(9-7-16)21(2)3/h4-11H,12-13H2,1-3H3,(H,20,24). The normalized spacial score (nSPS) is 10.1. The van der Waals surface area contributed by atoms with E-state index in [0.717, 1.165) is 11.3 Å². The number of aromatic nitrogens is 1. The van der Waals surface area contributed by atoms with Crippen molar-refractivity contribution in [2.45, 2.75) is 13.5 Å². The molecular weight excluding hydrogens is 304 g/mol. The highest BCUT2D eigenvalue weighted by molar-refractivity contribution is 5.94. The van der Waals surface area contributed by atoms with Gasteiger partial charge in [0.2, 0.25) is 11.8 Å². The minimum Gasteiger partial charge on any atom is -0.378 e. The summed E-state index contributed by atoms with van der Waals surface area (Å²) >= 11 is 0. The third-order valence-electron chi connectivity index (χ3n) is 3.54. The van der Waals surface area contributed by atoms with Crippen molar-refractivity contribution in [3.63, 3.8) is 0 Å². The van der Waals surface area contributed by atoms with Crippen molar-refractivity contribution < 1.29 is 9.59 Å². The Labute approximate surface area is 142 Å². The molecule has 2 rings (SSSR count). The van der Waals surface area contributed by atoms with Gasteiger partial charge in [-0.3, -0.25) is 14.6 Å². The van der Waals surface area contributed by atoms with Crippen LogP contribution in [0.5, 0.6) is 0 Å². The molecule has 6 heteroatoms. The molecule has 0 radical (unpaired) electrons. The third-order valence-corrected chi connectivity index (χ3v) is 3.54. The topological polar surface area (TPSA) is 65.5 Å². The number of anilines is 2. The van der Waals surface area contributed by atoms with Crippen molar-refractivity contribution in [1.82, 2.24) is 9.88 Å². The van der Waals surface area contributed by atoms with Gasteiger partial charge in [0.1, 0.15) is 6.54 Å². The van der Waals surface area contributed by atoms with Crippen molar-refractivity contribution in [3.05, 3.63) is 54.4 Å². The first-order valence-electron chi connectivity index (χ1n) is 7.67. The van der Waals surface area contributed by atoms with Crippen LogP contribution >= 0.6 is 0 Å². The predicted molar refractivity (Wildman–Crippen MR) is 94.7 cm³/mol. The molecule has 0 spiro atoms. The number of amides is 2. The number of pyridine rings is 1. The molecule has 24 heavy (non-hydrogen) atoms. The Morgan fingerprint density at radius 2 is 1.83 bits per heavy atom. The van der Waals surface area contributed by atoms with Crippen molar-refractivity contribution in [3.8, 4) is 0 Å². The quantitative estimate of drug-likeness (QED) is 0.883. The average Bonchev–Trinajstić information content (AvgIpc) is 2.55. The van der Waals surface area contributed by atoms with Crippen LogP contribution in [0.3, 0.4) is 0 Å². The van der Waals surface area contributed by atoms with Gasteiger partial charge in [-0.25, -0.2) is 0 Å². The van der Waals surface area contributed by atoms with Crippen LogP contribution in [0.15, 0.2) is 48.8 Å². The Kier molecular flexibility index (Phi) is 5.89. The second-order valence-electron chi connectivity index (χ2n) is 5.73. The van der Waals surface area contributed by atoms with Gasteiger partial charge < -0.3 is 15.1 Å². The summed E-state index contributed by atoms with van der Waals surface area (Å²) in [7, 11) is 3.91. The van der Waals surface area contributed by atoms with Gasteiger partial charge in [-0.1, -0.05) is 6.07 Å². The summed E-state index contributed by atoms with van der Waals surface area (Å²) in [5, 5.41) is 2.81. The maximum absolute atomic E-state index is 12.2. The van der Waals surface area contributed by atoms with Crippen LogP contribution in [0, 0.1) is 0 Å². The number of rotatable bonds is 6. The second-order valence-corrected chi connectivity index (χ2v) is 5.73. The lowest BCUT2D eigenvalue weighted by Crippen LogP contribution is -2.36. The van der Waals surface area contributed by atoms with Crippen LogP contribution in [0.25, 0.3) is 0 Å².